The number of aromatic nitrogens is 2. The largest absolute Gasteiger partial charge is 0.307 e. The summed E-state index contributed by atoms with van der Waals surface area (Å²) in [5.41, 5.74) is 1.83. The van der Waals surface area contributed by atoms with Crippen LogP contribution in [0.4, 0.5) is 0 Å². The molecule has 0 saturated carbocycles. The van der Waals surface area contributed by atoms with Gasteiger partial charge < -0.3 is 4.40 Å². The number of imidazole rings is 1. The van der Waals surface area contributed by atoms with Crippen molar-refractivity contribution in [2.75, 3.05) is 0 Å². The summed E-state index contributed by atoms with van der Waals surface area (Å²) in [5.74, 6) is 0. The maximum atomic E-state index is 11.0. The zero-order chi connectivity index (χ0) is 10.8. The molecule has 2 N–H and O–H groups in total. The molecule has 0 spiro atoms. The summed E-state index contributed by atoms with van der Waals surface area (Å²) in [6.07, 6.45) is 4.53. The number of rotatable bonds is 3. The van der Waals surface area contributed by atoms with Gasteiger partial charge in [-0.25, -0.2) is 9.19 Å². The molecule has 80 valence electrons. The zero-order valence-corrected chi connectivity index (χ0v) is 9.28. The SMILES string of the molecule is CC(Cc1cn2ccccc2n1)S(N)=O. The lowest BCUT2D eigenvalue weighted by molar-refractivity contribution is 0.672. The van der Waals surface area contributed by atoms with Gasteiger partial charge >= 0.3 is 0 Å². The summed E-state index contributed by atoms with van der Waals surface area (Å²) in [6.45, 7) is 1.86. The van der Waals surface area contributed by atoms with Gasteiger partial charge in [-0.3, -0.25) is 5.14 Å². The van der Waals surface area contributed by atoms with E-state index in [1.54, 1.807) is 0 Å². The predicted molar refractivity (Wildman–Crippen MR) is 60.7 cm³/mol. The Kier molecular flexibility index (Phi) is 2.83. The lowest BCUT2D eigenvalue weighted by Gasteiger charge is -2.03. The molecule has 0 amide bonds. The highest BCUT2D eigenvalue weighted by Crippen LogP contribution is 2.08. The molecule has 2 unspecified atom stereocenters. The van der Waals surface area contributed by atoms with Crippen LogP contribution in [-0.2, 0) is 17.4 Å². The Bertz CT molecular complexity index is 461. The Morgan fingerprint density at radius 1 is 1.60 bits per heavy atom. The lowest BCUT2D eigenvalue weighted by atomic mass is 10.3. The first-order valence-corrected chi connectivity index (χ1v) is 6.02. The van der Waals surface area contributed by atoms with Gasteiger partial charge in [0.05, 0.1) is 21.9 Å². The maximum Gasteiger partial charge on any atom is 0.136 e. The Hall–Kier alpha value is -1.20. The molecule has 0 saturated heterocycles. The second kappa shape index (κ2) is 4.12. The van der Waals surface area contributed by atoms with Crippen molar-refractivity contribution in [3.8, 4) is 0 Å². The average Bonchev–Trinajstić information content (AvgIpc) is 2.59. The number of pyridine rings is 1. The van der Waals surface area contributed by atoms with Gasteiger partial charge in [-0.05, 0) is 19.1 Å². The van der Waals surface area contributed by atoms with Crippen molar-refractivity contribution < 1.29 is 4.21 Å². The molecule has 2 atom stereocenters. The maximum absolute atomic E-state index is 11.0. The third-order valence-electron chi connectivity index (χ3n) is 2.31. The van der Waals surface area contributed by atoms with Crippen LogP contribution in [0.25, 0.3) is 5.65 Å². The van der Waals surface area contributed by atoms with Crippen molar-refractivity contribution in [2.24, 2.45) is 5.14 Å². The van der Waals surface area contributed by atoms with Gasteiger partial charge in [0.1, 0.15) is 5.65 Å². The van der Waals surface area contributed by atoms with Gasteiger partial charge in [-0.1, -0.05) is 6.07 Å². The molecule has 4 nitrogen and oxygen atoms in total. The highest BCUT2D eigenvalue weighted by molar-refractivity contribution is 7.83. The first-order chi connectivity index (χ1) is 7.16. The first-order valence-electron chi connectivity index (χ1n) is 4.74. The van der Waals surface area contributed by atoms with E-state index in [0.717, 1.165) is 11.3 Å². The van der Waals surface area contributed by atoms with Gasteiger partial charge in [-0.2, -0.15) is 0 Å². The van der Waals surface area contributed by atoms with Gasteiger partial charge in [0, 0.05) is 18.8 Å². The van der Waals surface area contributed by atoms with E-state index in [0.29, 0.717) is 6.42 Å². The Morgan fingerprint density at radius 3 is 3.07 bits per heavy atom. The quantitative estimate of drug-likeness (QED) is 0.840. The van der Waals surface area contributed by atoms with E-state index in [-0.39, 0.29) is 5.25 Å². The Balaban J connectivity index is 2.26. The van der Waals surface area contributed by atoms with Crippen molar-refractivity contribution in [3.63, 3.8) is 0 Å². The summed E-state index contributed by atoms with van der Waals surface area (Å²) in [7, 11) is -1.28. The number of nitrogens with zero attached hydrogens (tertiary/aromatic N) is 2. The minimum atomic E-state index is -1.28. The third kappa shape index (κ3) is 2.24. The normalized spacial score (nSPS) is 15.3. The van der Waals surface area contributed by atoms with Crippen LogP contribution in [0.2, 0.25) is 0 Å². The monoisotopic (exact) mass is 223 g/mol. The molecule has 0 aliphatic heterocycles. The fraction of sp³-hybridized carbons (Fsp3) is 0.300. The van der Waals surface area contributed by atoms with Crippen LogP contribution in [-0.4, -0.2) is 18.8 Å². The van der Waals surface area contributed by atoms with Crippen LogP contribution in [0.1, 0.15) is 12.6 Å². The van der Waals surface area contributed by atoms with Crippen molar-refractivity contribution in [2.45, 2.75) is 18.6 Å². The number of hydrogen-bond acceptors (Lipinski definition) is 2. The van der Waals surface area contributed by atoms with Gasteiger partial charge in [-0.15, -0.1) is 0 Å². The highest BCUT2D eigenvalue weighted by atomic mass is 32.2. The van der Waals surface area contributed by atoms with Crippen LogP contribution in [0.3, 0.4) is 0 Å². The highest BCUT2D eigenvalue weighted by Gasteiger charge is 2.10. The number of fused-ring (bicyclic) bond motifs is 1. The van der Waals surface area contributed by atoms with E-state index in [4.69, 9.17) is 5.14 Å². The lowest BCUT2D eigenvalue weighted by Crippen LogP contribution is -2.20. The predicted octanol–water partition coefficient (Wildman–Crippen LogP) is 0.888. The standard InChI is InChI=1S/C10H13N3OS/c1-8(15(11)14)6-9-7-13-5-3-2-4-10(13)12-9/h2-5,7-8H,6,11H2,1H3. The molecule has 0 radical (unpaired) electrons. The molecule has 0 aromatic carbocycles. The molecular weight excluding hydrogens is 210 g/mol. The van der Waals surface area contributed by atoms with Crippen LogP contribution in [0.15, 0.2) is 30.6 Å². The second-order valence-corrected chi connectivity index (χ2v) is 5.00. The van der Waals surface area contributed by atoms with Crippen molar-refractivity contribution >= 4 is 16.6 Å². The van der Waals surface area contributed by atoms with E-state index >= 15 is 0 Å². The minimum absolute atomic E-state index is 0.0603. The average molecular weight is 223 g/mol. The van der Waals surface area contributed by atoms with Gasteiger partial charge in [0.2, 0.25) is 0 Å². The molecule has 15 heavy (non-hydrogen) atoms. The van der Waals surface area contributed by atoms with E-state index in [1.807, 2.05) is 41.9 Å². The molecule has 0 aliphatic carbocycles. The van der Waals surface area contributed by atoms with Gasteiger partial charge in [0.25, 0.3) is 0 Å². The zero-order valence-electron chi connectivity index (χ0n) is 8.46. The number of hydrogen-bond donors (Lipinski definition) is 1. The molecule has 5 heteroatoms. The van der Waals surface area contributed by atoms with Crippen LogP contribution in [0.5, 0.6) is 0 Å². The molecule has 2 aromatic rings. The molecule has 2 rings (SSSR count). The Labute approximate surface area is 90.7 Å². The molecule has 0 aliphatic rings. The molecule has 2 aromatic heterocycles. The smallest absolute Gasteiger partial charge is 0.136 e. The topological polar surface area (TPSA) is 60.4 Å². The Morgan fingerprint density at radius 2 is 2.40 bits per heavy atom. The molecule has 0 fully saturated rings. The fourth-order valence-electron chi connectivity index (χ4n) is 1.46. The van der Waals surface area contributed by atoms with Crippen LogP contribution in [0, 0.1) is 0 Å². The van der Waals surface area contributed by atoms with E-state index in [9.17, 15) is 4.21 Å². The minimum Gasteiger partial charge on any atom is -0.307 e. The van der Waals surface area contributed by atoms with Crippen LogP contribution >= 0.6 is 0 Å². The summed E-state index contributed by atoms with van der Waals surface area (Å²) < 4.78 is 13.0. The second-order valence-electron chi connectivity index (χ2n) is 3.54. The molecular formula is C10H13N3OS. The van der Waals surface area contributed by atoms with E-state index in [2.05, 4.69) is 4.98 Å². The number of nitrogens with two attached hydrogens (primary N) is 1. The molecule has 0 bridgehead atoms. The van der Waals surface area contributed by atoms with Crippen molar-refractivity contribution in [3.05, 3.63) is 36.3 Å². The summed E-state index contributed by atoms with van der Waals surface area (Å²) >= 11 is 0. The van der Waals surface area contributed by atoms with Crippen molar-refractivity contribution in [1.29, 1.82) is 0 Å². The summed E-state index contributed by atoms with van der Waals surface area (Å²) in [6, 6.07) is 5.83. The van der Waals surface area contributed by atoms with Gasteiger partial charge in [0.15, 0.2) is 0 Å². The van der Waals surface area contributed by atoms with Crippen molar-refractivity contribution in [1.82, 2.24) is 9.38 Å². The van der Waals surface area contributed by atoms with E-state index < -0.39 is 11.0 Å². The fourth-order valence-corrected chi connectivity index (χ4v) is 1.80. The summed E-state index contributed by atoms with van der Waals surface area (Å²) in [5, 5.41) is 5.26. The van der Waals surface area contributed by atoms with Crippen LogP contribution < -0.4 is 5.14 Å². The summed E-state index contributed by atoms with van der Waals surface area (Å²) in [4.78, 5) is 4.41. The first kappa shape index (κ1) is 10.3. The third-order valence-corrected chi connectivity index (χ3v) is 3.27. The molecule has 2 heterocycles. The van der Waals surface area contributed by atoms with E-state index in [1.165, 1.54) is 0 Å².